The van der Waals surface area contributed by atoms with E-state index in [4.69, 9.17) is 0 Å². The lowest BCUT2D eigenvalue weighted by Crippen LogP contribution is -2.45. The first kappa shape index (κ1) is 21.8. The third-order valence-electron chi connectivity index (χ3n) is 4.97. The molecule has 0 saturated carbocycles. The van der Waals surface area contributed by atoms with E-state index >= 15 is 0 Å². The summed E-state index contributed by atoms with van der Waals surface area (Å²) >= 11 is 0. The van der Waals surface area contributed by atoms with Gasteiger partial charge < -0.3 is 10.2 Å². The van der Waals surface area contributed by atoms with Gasteiger partial charge in [-0.05, 0) is 55.7 Å². The number of anilines is 1. The van der Waals surface area contributed by atoms with Crippen molar-refractivity contribution in [2.24, 2.45) is 5.92 Å². The quantitative estimate of drug-likeness (QED) is 0.700. The number of nitrogens with one attached hydrogen (secondary N) is 2. The van der Waals surface area contributed by atoms with Gasteiger partial charge in [0.25, 0.3) is 15.9 Å². The zero-order valence-corrected chi connectivity index (χ0v) is 17.7. The molecular weight excluding hydrogens is 404 g/mol. The normalized spacial score (nSPS) is 16.7. The molecule has 30 heavy (non-hydrogen) atoms. The molecule has 8 nitrogen and oxygen atoms in total. The van der Waals surface area contributed by atoms with Crippen LogP contribution in [0.4, 0.5) is 5.69 Å². The summed E-state index contributed by atoms with van der Waals surface area (Å²) in [6.07, 6.45) is 5.38. The van der Waals surface area contributed by atoms with Crippen molar-refractivity contribution in [2.75, 3.05) is 24.4 Å². The van der Waals surface area contributed by atoms with Crippen LogP contribution in [0.25, 0.3) is 0 Å². The van der Waals surface area contributed by atoms with Gasteiger partial charge in [-0.25, -0.2) is 8.42 Å². The molecule has 1 aromatic carbocycles. The first-order chi connectivity index (χ1) is 14.4. The molecular formula is C21H26N4O4S. The van der Waals surface area contributed by atoms with Gasteiger partial charge in [0, 0.05) is 37.6 Å². The molecule has 0 bridgehead atoms. The molecule has 9 heteroatoms. The average Bonchev–Trinajstić information content (AvgIpc) is 2.77. The molecule has 1 aliphatic heterocycles. The summed E-state index contributed by atoms with van der Waals surface area (Å²) in [4.78, 5) is 30.7. The Morgan fingerprint density at radius 3 is 2.50 bits per heavy atom. The minimum atomic E-state index is -3.77. The zero-order valence-electron chi connectivity index (χ0n) is 16.9. The summed E-state index contributed by atoms with van der Waals surface area (Å²) < 4.78 is 27.5. The lowest BCUT2D eigenvalue weighted by atomic mass is 9.96. The first-order valence-corrected chi connectivity index (χ1v) is 11.5. The van der Waals surface area contributed by atoms with Crippen molar-refractivity contribution in [1.29, 1.82) is 0 Å². The van der Waals surface area contributed by atoms with Crippen LogP contribution in [0.3, 0.4) is 0 Å². The molecule has 2 aromatic rings. The van der Waals surface area contributed by atoms with Crippen LogP contribution in [0.15, 0.2) is 53.7 Å². The lowest BCUT2D eigenvalue weighted by Gasteiger charge is -2.32. The second-order valence-corrected chi connectivity index (χ2v) is 8.93. The van der Waals surface area contributed by atoms with E-state index in [-0.39, 0.29) is 22.6 Å². The van der Waals surface area contributed by atoms with Gasteiger partial charge in [0.15, 0.2) is 0 Å². The number of benzene rings is 1. The average molecular weight is 431 g/mol. The molecule has 160 valence electrons. The zero-order chi connectivity index (χ0) is 21.6. The topological polar surface area (TPSA) is 108 Å². The highest BCUT2D eigenvalue weighted by molar-refractivity contribution is 7.92. The largest absolute Gasteiger partial charge is 0.356 e. The van der Waals surface area contributed by atoms with Gasteiger partial charge in [-0.3, -0.25) is 19.3 Å². The van der Waals surface area contributed by atoms with E-state index in [0.29, 0.717) is 30.9 Å². The van der Waals surface area contributed by atoms with Crippen LogP contribution < -0.4 is 10.0 Å². The first-order valence-electron chi connectivity index (χ1n) is 10.0. The van der Waals surface area contributed by atoms with E-state index in [1.54, 1.807) is 17.0 Å². The van der Waals surface area contributed by atoms with E-state index in [9.17, 15) is 18.0 Å². The van der Waals surface area contributed by atoms with Gasteiger partial charge in [-0.15, -0.1) is 0 Å². The molecule has 1 fully saturated rings. The van der Waals surface area contributed by atoms with Gasteiger partial charge in [0.2, 0.25) is 5.91 Å². The SMILES string of the molecule is CCCNC(=O)C1CCCN(C(=O)c2ccc(S(=O)(=O)Nc3ccncc3)cc2)C1. The molecule has 1 saturated heterocycles. The van der Waals surface area contributed by atoms with E-state index < -0.39 is 10.0 Å². The fourth-order valence-electron chi connectivity index (χ4n) is 3.36. The van der Waals surface area contributed by atoms with Gasteiger partial charge in [0.1, 0.15) is 0 Å². The number of hydrogen-bond acceptors (Lipinski definition) is 5. The smallest absolute Gasteiger partial charge is 0.261 e. The third kappa shape index (κ3) is 5.35. The second kappa shape index (κ2) is 9.71. The molecule has 0 aliphatic carbocycles. The van der Waals surface area contributed by atoms with Crippen molar-refractivity contribution >= 4 is 27.5 Å². The molecule has 2 N–H and O–H groups in total. The van der Waals surface area contributed by atoms with Crippen molar-refractivity contribution in [1.82, 2.24) is 15.2 Å². The number of carbonyl (C=O) groups excluding carboxylic acids is 2. The van der Waals surface area contributed by atoms with E-state index in [2.05, 4.69) is 15.0 Å². The van der Waals surface area contributed by atoms with Crippen molar-refractivity contribution in [3.05, 3.63) is 54.4 Å². The number of carbonyl (C=O) groups is 2. The summed E-state index contributed by atoms with van der Waals surface area (Å²) in [6, 6.07) is 8.93. The number of sulfonamides is 1. The monoisotopic (exact) mass is 430 g/mol. The molecule has 1 aliphatic rings. The Morgan fingerprint density at radius 1 is 1.13 bits per heavy atom. The summed E-state index contributed by atoms with van der Waals surface area (Å²) in [5.74, 6) is -0.425. The summed E-state index contributed by atoms with van der Waals surface area (Å²) in [6.45, 7) is 3.58. The Labute approximate surface area is 176 Å². The molecule has 1 atom stereocenters. The number of rotatable bonds is 7. The number of aromatic nitrogens is 1. The fraction of sp³-hybridized carbons (Fsp3) is 0.381. The van der Waals surface area contributed by atoms with Crippen LogP contribution >= 0.6 is 0 Å². The predicted octanol–water partition coefficient (Wildman–Crippen LogP) is 2.26. The van der Waals surface area contributed by atoms with E-state index in [1.165, 1.54) is 36.7 Å². The Morgan fingerprint density at radius 2 is 1.83 bits per heavy atom. The number of nitrogens with zero attached hydrogens (tertiary/aromatic N) is 2. The number of amides is 2. The number of pyridine rings is 1. The van der Waals surface area contributed by atoms with Crippen molar-refractivity contribution in [3.8, 4) is 0 Å². The maximum atomic E-state index is 12.9. The minimum Gasteiger partial charge on any atom is -0.356 e. The number of piperidine rings is 1. The Balaban J connectivity index is 1.66. The van der Waals surface area contributed by atoms with Gasteiger partial charge in [0.05, 0.1) is 16.5 Å². The summed E-state index contributed by atoms with van der Waals surface area (Å²) in [7, 11) is -3.77. The van der Waals surface area contributed by atoms with Crippen LogP contribution in [0, 0.1) is 5.92 Å². The third-order valence-corrected chi connectivity index (χ3v) is 6.37. The molecule has 2 amide bonds. The van der Waals surface area contributed by atoms with E-state index in [1.807, 2.05) is 6.92 Å². The number of likely N-dealkylation sites (tertiary alicyclic amines) is 1. The van der Waals surface area contributed by atoms with Gasteiger partial charge >= 0.3 is 0 Å². The van der Waals surface area contributed by atoms with Crippen molar-refractivity contribution in [3.63, 3.8) is 0 Å². The maximum absolute atomic E-state index is 12.9. The van der Waals surface area contributed by atoms with Crippen molar-refractivity contribution < 1.29 is 18.0 Å². The number of hydrogen-bond donors (Lipinski definition) is 2. The minimum absolute atomic E-state index is 0.0158. The highest BCUT2D eigenvalue weighted by Gasteiger charge is 2.29. The predicted molar refractivity (Wildman–Crippen MR) is 113 cm³/mol. The highest BCUT2D eigenvalue weighted by atomic mass is 32.2. The standard InChI is InChI=1S/C21H26N4O4S/c1-2-11-23-20(26)17-4-3-14-25(15-17)21(27)16-5-7-19(8-6-16)30(28,29)24-18-9-12-22-13-10-18/h5-10,12-13,17H,2-4,11,14-15H2,1H3,(H,22,24)(H,23,26). The molecule has 0 radical (unpaired) electrons. The van der Waals surface area contributed by atoms with Crippen LogP contribution in [0.1, 0.15) is 36.5 Å². The van der Waals surface area contributed by atoms with Crippen LogP contribution in [-0.2, 0) is 14.8 Å². The van der Waals surface area contributed by atoms with Crippen LogP contribution in [0.5, 0.6) is 0 Å². The maximum Gasteiger partial charge on any atom is 0.261 e. The van der Waals surface area contributed by atoms with Gasteiger partial charge in [-0.2, -0.15) is 0 Å². The molecule has 1 unspecified atom stereocenters. The molecule has 1 aromatic heterocycles. The Bertz CT molecular complexity index is 978. The van der Waals surface area contributed by atoms with Crippen LogP contribution in [-0.4, -0.2) is 49.8 Å². The van der Waals surface area contributed by atoms with Crippen molar-refractivity contribution in [2.45, 2.75) is 31.1 Å². The molecule has 2 heterocycles. The molecule has 0 spiro atoms. The second-order valence-electron chi connectivity index (χ2n) is 7.25. The Hall–Kier alpha value is -2.94. The van der Waals surface area contributed by atoms with Gasteiger partial charge in [-0.1, -0.05) is 6.92 Å². The van der Waals surface area contributed by atoms with E-state index in [0.717, 1.165) is 19.3 Å². The lowest BCUT2D eigenvalue weighted by molar-refractivity contribution is -0.126. The molecule has 3 rings (SSSR count). The summed E-state index contributed by atoms with van der Waals surface area (Å²) in [5, 5.41) is 2.89. The Kier molecular flexibility index (Phi) is 7.04. The fourth-order valence-corrected chi connectivity index (χ4v) is 4.42. The highest BCUT2D eigenvalue weighted by Crippen LogP contribution is 2.21. The van der Waals surface area contributed by atoms with Crippen LogP contribution in [0.2, 0.25) is 0 Å². The summed E-state index contributed by atoms with van der Waals surface area (Å²) in [5.41, 5.74) is 0.804.